The van der Waals surface area contributed by atoms with E-state index in [-0.39, 0.29) is 0 Å². The van der Waals surface area contributed by atoms with Crippen molar-refractivity contribution in [1.82, 2.24) is 19.7 Å². The van der Waals surface area contributed by atoms with Gasteiger partial charge in [0, 0.05) is 25.4 Å². The topological polar surface area (TPSA) is 93.7 Å². The molecule has 19 heavy (non-hydrogen) atoms. The lowest BCUT2D eigenvalue weighted by Crippen LogP contribution is -2.15. The standard InChI is InChI=1S/C12H19N7/c1-3-10-11(15-8-16-12(10)18-13)14-5-4-9-6-17-19(2)7-9/h6-8H,3-5,13H2,1-2H3,(H2,14,15,16,18). The summed E-state index contributed by atoms with van der Waals surface area (Å²) < 4.78 is 1.80. The first-order chi connectivity index (χ1) is 9.24. The highest BCUT2D eigenvalue weighted by molar-refractivity contribution is 5.56. The van der Waals surface area contributed by atoms with Crippen molar-refractivity contribution in [3.63, 3.8) is 0 Å². The number of nitrogen functional groups attached to an aromatic ring is 1. The van der Waals surface area contributed by atoms with Gasteiger partial charge in [-0.2, -0.15) is 5.10 Å². The van der Waals surface area contributed by atoms with E-state index < -0.39 is 0 Å². The molecule has 0 amide bonds. The molecular formula is C12H19N7. The van der Waals surface area contributed by atoms with Crippen LogP contribution in [-0.2, 0) is 19.9 Å². The van der Waals surface area contributed by atoms with E-state index in [0.717, 1.165) is 30.8 Å². The Morgan fingerprint density at radius 2 is 2.11 bits per heavy atom. The highest BCUT2D eigenvalue weighted by Crippen LogP contribution is 2.19. The Morgan fingerprint density at radius 1 is 1.32 bits per heavy atom. The van der Waals surface area contributed by atoms with Crippen molar-refractivity contribution >= 4 is 11.6 Å². The molecule has 0 spiro atoms. The maximum atomic E-state index is 5.44. The summed E-state index contributed by atoms with van der Waals surface area (Å²) in [6.45, 7) is 2.84. The average Bonchev–Trinajstić information content (AvgIpc) is 2.84. The van der Waals surface area contributed by atoms with Gasteiger partial charge in [0.2, 0.25) is 0 Å². The molecular weight excluding hydrogens is 242 g/mol. The predicted octanol–water partition coefficient (Wildman–Crippen LogP) is 0.713. The van der Waals surface area contributed by atoms with Crippen LogP contribution in [0.3, 0.4) is 0 Å². The average molecular weight is 261 g/mol. The van der Waals surface area contributed by atoms with Crippen molar-refractivity contribution < 1.29 is 0 Å². The van der Waals surface area contributed by atoms with E-state index in [2.05, 4.69) is 25.8 Å². The lowest BCUT2D eigenvalue weighted by atomic mass is 10.2. The minimum atomic E-state index is 0.668. The summed E-state index contributed by atoms with van der Waals surface area (Å²) in [6, 6.07) is 0. The highest BCUT2D eigenvalue weighted by Gasteiger charge is 2.08. The van der Waals surface area contributed by atoms with Gasteiger partial charge in [0.15, 0.2) is 0 Å². The first kappa shape index (κ1) is 13.3. The molecule has 0 aromatic carbocycles. The number of anilines is 2. The molecule has 0 aliphatic rings. The second kappa shape index (κ2) is 6.14. The first-order valence-corrected chi connectivity index (χ1v) is 6.26. The Hall–Kier alpha value is -2.15. The Morgan fingerprint density at radius 3 is 2.74 bits per heavy atom. The molecule has 0 radical (unpaired) electrons. The van der Waals surface area contributed by atoms with E-state index in [1.807, 2.05) is 26.4 Å². The van der Waals surface area contributed by atoms with Gasteiger partial charge in [0.25, 0.3) is 0 Å². The van der Waals surface area contributed by atoms with Crippen LogP contribution >= 0.6 is 0 Å². The maximum Gasteiger partial charge on any atom is 0.148 e. The third-order valence-corrected chi connectivity index (χ3v) is 2.90. The molecule has 0 fully saturated rings. The molecule has 102 valence electrons. The van der Waals surface area contributed by atoms with Crippen molar-refractivity contribution in [1.29, 1.82) is 0 Å². The molecule has 2 aromatic heterocycles. The molecule has 2 heterocycles. The zero-order valence-corrected chi connectivity index (χ0v) is 11.2. The summed E-state index contributed by atoms with van der Waals surface area (Å²) >= 11 is 0. The Balaban J connectivity index is 1.99. The van der Waals surface area contributed by atoms with Crippen LogP contribution in [0.2, 0.25) is 0 Å². The van der Waals surface area contributed by atoms with Gasteiger partial charge in [-0.25, -0.2) is 15.8 Å². The van der Waals surface area contributed by atoms with Gasteiger partial charge in [-0.05, 0) is 18.4 Å². The summed E-state index contributed by atoms with van der Waals surface area (Å²) in [5, 5.41) is 7.45. The monoisotopic (exact) mass is 261 g/mol. The largest absolute Gasteiger partial charge is 0.369 e. The number of nitrogens with two attached hydrogens (primary N) is 1. The van der Waals surface area contributed by atoms with Crippen LogP contribution in [0.15, 0.2) is 18.7 Å². The lowest BCUT2D eigenvalue weighted by molar-refractivity contribution is 0.766. The quantitative estimate of drug-likeness (QED) is 0.524. The van der Waals surface area contributed by atoms with Crippen molar-refractivity contribution in [2.45, 2.75) is 19.8 Å². The van der Waals surface area contributed by atoms with Crippen LogP contribution in [0.25, 0.3) is 0 Å². The number of rotatable bonds is 6. The summed E-state index contributed by atoms with van der Waals surface area (Å²) in [5.41, 5.74) is 4.78. The third-order valence-electron chi connectivity index (χ3n) is 2.90. The molecule has 7 nitrogen and oxygen atoms in total. The molecule has 0 atom stereocenters. The van der Waals surface area contributed by atoms with Crippen LogP contribution in [0, 0.1) is 0 Å². The number of aryl methyl sites for hydroxylation is 1. The Bertz CT molecular complexity index is 535. The van der Waals surface area contributed by atoms with E-state index >= 15 is 0 Å². The summed E-state index contributed by atoms with van der Waals surface area (Å²) in [4.78, 5) is 8.35. The van der Waals surface area contributed by atoms with Crippen LogP contribution < -0.4 is 16.6 Å². The highest BCUT2D eigenvalue weighted by atomic mass is 15.3. The first-order valence-electron chi connectivity index (χ1n) is 6.26. The molecule has 0 saturated heterocycles. The zero-order chi connectivity index (χ0) is 13.7. The molecule has 2 aromatic rings. The molecule has 0 unspecified atom stereocenters. The maximum absolute atomic E-state index is 5.44. The fraction of sp³-hybridized carbons (Fsp3) is 0.417. The normalized spacial score (nSPS) is 10.5. The lowest BCUT2D eigenvalue weighted by Gasteiger charge is -2.12. The smallest absolute Gasteiger partial charge is 0.148 e. The van der Waals surface area contributed by atoms with Crippen molar-refractivity contribution in [2.75, 3.05) is 17.3 Å². The van der Waals surface area contributed by atoms with Gasteiger partial charge in [0.05, 0.1) is 6.20 Å². The van der Waals surface area contributed by atoms with Gasteiger partial charge in [-0.1, -0.05) is 6.92 Å². The second-order valence-electron chi connectivity index (χ2n) is 4.25. The minimum absolute atomic E-state index is 0.668. The van der Waals surface area contributed by atoms with Gasteiger partial charge in [0.1, 0.15) is 18.0 Å². The van der Waals surface area contributed by atoms with Crippen molar-refractivity contribution in [3.8, 4) is 0 Å². The minimum Gasteiger partial charge on any atom is -0.369 e. The Labute approximate surface area is 112 Å². The number of hydrogen-bond acceptors (Lipinski definition) is 6. The molecule has 0 saturated carbocycles. The van der Waals surface area contributed by atoms with Crippen LogP contribution in [-0.4, -0.2) is 26.3 Å². The van der Waals surface area contributed by atoms with Crippen molar-refractivity contribution in [2.24, 2.45) is 12.9 Å². The van der Waals surface area contributed by atoms with Crippen LogP contribution in [0.5, 0.6) is 0 Å². The molecule has 0 bridgehead atoms. The molecule has 2 rings (SSSR count). The summed E-state index contributed by atoms with van der Waals surface area (Å²) in [5.74, 6) is 6.93. The number of nitrogens with one attached hydrogen (secondary N) is 2. The van der Waals surface area contributed by atoms with E-state index in [4.69, 9.17) is 5.84 Å². The Kier molecular flexibility index (Phi) is 4.30. The number of hydrogen-bond donors (Lipinski definition) is 3. The third kappa shape index (κ3) is 3.19. The van der Waals surface area contributed by atoms with Gasteiger partial charge >= 0.3 is 0 Å². The zero-order valence-electron chi connectivity index (χ0n) is 11.2. The number of nitrogens with zero attached hydrogens (tertiary/aromatic N) is 4. The number of aromatic nitrogens is 4. The second-order valence-corrected chi connectivity index (χ2v) is 4.25. The molecule has 4 N–H and O–H groups in total. The fourth-order valence-corrected chi connectivity index (χ4v) is 1.95. The van der Waals surface area contributed by atoms with Crippen LogP contribution in [0.1, 0.15) is 18.1 Å². The predicted molar refractivity (Wildman–Crippen MR) is 74.6 cm³/mol. The number of hydrazine groups is 1. The fourth-order valence-electron chi connectivity index (χ4n) is 1.95. The summed E-state index contributed by atoms with van der Waals surface area (Å²) in [7, 11) is 1.91. The van der Waals surface area contributed by atoms with E-state index in [1.165, 1.54) is 11.9 Å². The van der Waals surface area contributed by atoms with Crippen molar-refractivity contribution in [3.05, 3.63) is 29.8 Å². The SMILES string of the molecule is CCc1c(NN)ncnc1NCCc1cnn(C)c1. The molecule has 0 aliphatic carbocycles. The van der Waals surface area contributed by atoms with E-state index in [9.17, 15) is 0 Å². The summed E-state index contributed by atoms with van der Waals surface area (Å²) in [6.07, 6.45) is 7.09. The van der Waals surface area contributed by atoms with E-state index in [0.29, 0.717) is 5.82 Å². The molecule has 0 aliphatic heterocycles. The molecule has 7 heteroatoms. The van der Waals surface area contributed by atoms with Gasteiger partial charge in [-0.3, -0.25) is 4.68 Å². The van der Waals surface area contributed by atoms with Gasteiger partial charge in [-0.15, -0.1) is 0 Å². The van der Waals surface area contributed by atoms with Crippen LogP contribution in [0.4, 0.5) is 11.6 Å². The van der Waals surface area contributed by atoms with Gasteiger partial charge < -0.3 is 10.7 Å². The van der Waals surface area contributed by atoms with E-state index in [1.54, 1.807) is 4.68 Å².